The molecule has 1 aromatic carbocycles. The van der Waals surface area contributed by atoms with Crippen molar-refractivity contribution in [1.82, 2.24) is 82.6 Å². The van der Waals surface area contributed by atoms with Gasteiger partial charge in [-0.25, -0.2) is 9.78 Å². The molecule has 12 atom stereocenters. The summed E-state index contributed by atoms with van der Waals surface area (Å²) < 4.78 is 31.6. The maximum atomic E-state index is 14.1. The Balaban J connectivity index is 0.709. The third-order valence-corrected chi connectivity index (χ3v) is 22.9. The number of aliphatic carboxylic acids is 1. The second-order valence-electron chi connectivity index (χ2n) is 32.3. The summed E-state index contributed by atoms with van der Waals surface area (Å²) in [5, 5.41) is 74.3. The molecule has 11 unspecified atom stereocenters. The van der Waals surface area contributed by atoms with E-state index in [9.17, 15) is 102 Å². The number of aliphatic hydroxyl groups excluding tert-OH is 2. The Bertz CT molecular complexity index is 4780. The maximum Gasteiger partial charge on any atom is 0.355 e. The molecule has 3 aliphatic heterocycles. The number of nitrogens with two attached hydrogens (primary N) is 4. The fourth-order valence-corrected chi connectivity index (χ4v) is 15.7. The molecule has 46 nitrogen and oxygen atoms in total. The van der Waals surface area contributed by atoms with E-state index in [1.165, 1.54) is 25.6 Å². The summed E-state index contributed by atoms with van der Waals surface area (Å²) in [4.78, 5) is 230. The van der Waals surface area contributed by atoms with Crippen LogP contribution in [0, 0.1) is 0 Å². The number of nitrogens with one attached hydrogen (secondary N) is 10. The first-order valence-corrected chi connectivity index (χ1v) is 45.4. The molecule has 1 fully saturated rings. The number of carbonyl (C=O) groups is 16. The molecule has 0 radical (unpaired) electrons. The lowest BCUT2D eigenvalue weighted by atomic mass is 9.85. The van der Waals surface area contributed by atoms with Crippen molar-refractivity contribution in [3.63, 3.8) is 0 Å². The van der Waals surface area contributed by atoms with Crippen LogP contribution in [0.4, 0.5) is 0 Å². The number of carbonyl (C=O) groups excluding carboxylic acids is 15. The van der Waals surface area contributed by atoms with Crippen LogP contribution in [0.1, 0.15) is 185 Å². The molecule has 13 amide bonds. The van der Waals surface area contributed by atoms with Gasteiger partial charge in [-0.15, -0.1) is 16.9 Å². The minimum absolute atomic E-state index is 0.0120. The number of benzene rings is 1. The number of hydrogen-bond acceptors (Lipinski definition) is 31. The number of phenols is 1. The number of likely N-dealkylation sites (tertiary alicyclic amines) is 1. The van der Waals surface area contributed by atoms with Crippen molar-refractivity contribution in [3.05, 3.63) is 68.8 Å². The maximum absolute atomic E-state index is 14.1. The topological polar surface area (TPSA) is 693 Å². The van der Waals surface area contributed by atoms with Gasteiger partial charge in [0.25, 0.3) is 5.56 Å². The van der Waals surface area contributed by atoms with E-state index in [0.717, 1.165) is 35.3 Å². The number of phenolic OH excluding ortho intramolecular Hbond substituents is 1. The van der Waals surface area contributed by atoms with Crippen LogP contribution in [0.2, 0.25) is 0 Å². The molecule has 1 saturated heterocycles. The summed E-state index contributed by atoms with van der Waals surface area (Å²) in [7, 11) is 0. The van der Waals surface area contributed by atoms with Crippen molar-refractivity contribution in [2.75, 3.05) is 77.4 Å². The highest BCUT2D eigenvalue weighted by Gasteiger charge is 2.51. The molecule has 3 aromatic heterocycles. The van der Waals surface area contributed by atoms with Gasteiger partial charge < -0.3 is 130 Å². The Labute approximate surface area is 765 Å². The SMILES string of the molecule is CCc1c2c(nc3ccc(O)cc13)-c1cc3c(c(=O)n1C2)COC(=O)[C@@]3(CC)OC(=O)CCCCn1cc(CCCC(=O)NCCCOCCOCCOCCSCNC(=O)CCC(=O)NC(CN)C(=O)NC(CCCCN)C(=O)NC(C)C(=O)N2CCCC2C(=O)NC(CCC(=O)O)C(=O)NC(C(=O)NC(C)C(=O)NC(CC(C)O)C(=O)NC(CC(N)=O)C(N)=O)C(C)O)nn1. The Hall–Kier alpha value is -11.9. The summed E-state index contributed by atoms with van der Waals surface area (Å²) in [6, 6.07) is -6.89. The molecule has 4 aromatic rings. The van der Waals surface area contributed by atoms with Gasteiger partial charge in [0.1, 0.15) is 66.7 Å². The number of unbranched alkanes of at least 4 members (excludes halogenated alkanes) is 2. The Morgan fingerprint density at radius 1 is 0.667 bits per heavy atom. The molecular weight excluding hydrogens is 1750 g/mol. The monoisotopic (exact) mass is 1870 g/mol. The Morgan fingerprint density at radius 3 is 2.00 bits per heavy atom. The lowest BCUT2D eigenvalue weighted by molar-refractivity contribution is -0.189. The highest BCUT2D eigenvalue weighted by Crippen LogP contribution is 2.43. The zero-order valence-electron chi connectivity index (χ0n) is 75.2. The number of thioether (sulfide) groups is 1. The number of ether oxygens (including phenoxy) is 5. The predicted molar refractivity (Wildman–Crippen MR) is 472 cm³/mol. The molecule has 3 aliphatic rings. The van der Waals surface area contributed by atoms with Gasteiger partial charge in [-0.2, -0.15) is 0 Å². The fourth-order valence-electron chi connectivity index (χ4n) is 15.0. The highest BCUT2D eigenvalue weighted by molar-refractivity contribution is 7.99. The number of primary amides is 2. The van der Waals surface area contributed by atoms with Crippen LogP contribution in [-0.4, -0.2) is 289 Å². The number of amides is 13. The molecule has 728 valence electrons. The van der Waals surface area contributed by atoms with Crippen LogP contribution in [0.3, 0.4) is 0 Å². The minimum Gasteiger partial charge on any atom is -0.508 e. The fraction of sp³-hybridized carbons (Fsp3) is 0.624. The van der Waals surface area contributed by atoms with E-state index in [1.807, 2.05) is 6.92 Å². The summed E-state index contributed by atoms with van der Waals surface area (Å²) >= 11 is 1.37. The third kappa shape index (κ3) is 32.3. The van der Waals surface area contributed by atoms with Gasteiger partial charge >= 0.3 is 17.9 Å². The number of hydrogen-bond donors (Lipinski definition) is 18. The molecule has 0 bridgehead atoms. The van der Waals surface area contributed by atoms with Gasteiger partial charge in [0, 0.05) is 99.8 Å². The van der Waals surface area contributed by atoms with Crippen LogP contribution in [0.5, 0.6) is 5.75 Å². The molecule has 22 N–H and O–H groups in total. The van der Waals surface area contributed by atoms with Crippen LogP contribution >= 0.6 is 11.8 Å². The largest absolute Gasteiger partial charge is 0.508 e. The van der Waals surface area contributed by atoms with Gasteiger partial charge in [0.05, 0.1) is 92.2 Å². The smallest absolute Gasteiger partial charge is 0.355 e. The first kappa shape index (κ1) is 107. The number of nitrogens with zero attached hydrogens (tertiary/aromatic N) is 6. The van der Waals surface area contributed by atoms with Crippen LogP contribution in [-0.2, 0) is 139 Å². The zero-order valence-corrected chi connectivity index (χ0v) is 76.0. The quantitative estimate of drug-likeness (QED) is 0.0101. The van der Waals surface area contributed by atoms with Crippen molar-refractivity contribution in [2.24, 2.45) is 22.9 Å². The first-order valence-electron chi connectivity index (χ1n) is 44.3. The number of esters is 2. The Kier molecular flexibility index (Phi) is 43.5. The number of carboxylic acids is 1. The van der Waals surface area contributed by atoms with E-state index in [0.29, 0.717) is 138 Å². The van der Waals surface area contributed by atoms with E-state index in [-0.39, 0.29) is 106 Å². The van der Waals surface area contributed by atoms with Crippen molar-refractivity contribution >= 4 is 117 Å². The molecule has 0 aliphatic carbocycles. The number of aryl methyl sites for hydroxylation is 3. The van der Waals surface area contributed by atoms with Crippen molar-refractivity contribution < 1.29 is 121 Å². The summed E-state index contributed by atoms with van der Waals surface area (Å²) in [6.45, 7) is 11.2. The standard InChI is InChI=1S/C85H126N20O26S/c1-7-53-54-39-52(108)21-22-58(54)95-73-55(53)44-105-65(73)40-57-56(83(105)125)45-130-84(126)85(57,8-2)131-71(115)20-10-12-29-103-43-51(101-102-103)16-13-19-67(110)90-28-15-31-127-32-33-128-34-35-129-36-37-132-46-91-68(111)24-25-69(112)94-63(42-87)79(121)96-59(17-9-11-27-86)76(118)93-49(5)82(124)104-30-14-18-64(104)80(122)97-60(23-26-70(113)114)77(119)100-72(50(6)107)81(123)92-48(4)75(117)99-62(38-47(3)106)78(120)98-61(74(89)116)41-66(88)109/h21-22,39-40,43,47-50,59-64,72,106-108H,7-20,23-38,41-42,44-46,86-87H2,1-6H3,(H2,88,109)(H2,89,116)(H,90,110)(H,91,111)(H,92,123)(H,93,118)(H,94,112)(H,96,121)(H,97,122)(H,98,120)(H,99,117)(H,100,119)(H,113,114)/t47?,48?,49?,50?,59?,60?,61?,62?,63?,64?,72?,85-/m0/s1. The average Bonchev–Trinajstić information content (AvgIpc) is 1.52. The number of rotatable bonds is 60. The molecule has 6 heterocycles. The molecule has 0 saturated carbocycles. The van der Waals surface area contributed by atoms with E-state index in [4.69, 9.17) is 51.6 Å². The third-order valence-electron chi connectivity index (χ3n) is 22.1. The van der Waals surface area contributed by atoms with Crippen LogP contribution < -0.4 is 81.7 Å². The number of carboxylic acid groups (broad SMARTS) is 1. The minimum atomic E-state index is -1.87. The van der Waals surface area contributed by atoms with Gasteiger partial charge in [0.15, 0.2) is 0 Å². The number of pyridine rings is 2. The van der Waals surface area contributed by atoms with E-state index in [2.05, 4.69) is 63.5 Å². The summed E-state index contributed by atoms with van der Waals surface area (Å²) in [5.41, 5.74) is 24.6. The lowest BCUT2D eigenvalue weighted by Gasteiger charge is -2.35. The number of aromatic hydroxyl groups is 1. The van der Waals surface area contributed by atoms with E-state index >= 15 is 0 Å². The lowest BCUT2D eigenvalue weighted by Crippen LogP contribution is -2.61. The number of cyclic esters (lactones) is 1. The van der Waals surface area contributed by atoms with E-state index < -0.39 is 193 Å². The van der Waals surface area contributed by atoms with Gasteiger partial charge in [-0.1, -0.05) is 19.1 Å². The van der Waals surface area contributed by atoms with Crippen LogP contribution in [0.25, 0.3) is 22.3 Å². The number of fused-ring (bicyclic) bond motifs is 5. The summed E-state index contributed by atoms with van der Waals surface area (Å²) in [6.07, 6.45) is 0.497. The predicted octanol–water partition coefficient (Wildman–Crippen LogP) is -3.80. The molecule has 132 heavy (non-hydrogen) atoms. The second-order valence-corrected chi connectivity index (χ2v) is 33.5. The second kappa shape index (κ2) is 53.6. The van der Waals surface area contributed by atoms with E-state index in [1.54, 1.807) is 46.6 Å². The van der Waals surface area contributed by atoms with Crippen molar-refractivity contribution in [3.8, 4) is 17.1 Å². The first-order chi connectivity index (χ1) is 62.9. The molecular formula is C85H126N20O26S. The van der Waals surface area contributed by atoms with Gasteiger partial charge in [-0.3, -0.25) is 81.4 Å². The van der Waals surface area contributed by atoms with Crippen LogP contribution in [0.15, 0.2) is 35.3 Å². The summed E-state index contributed by atoms with van der Waals surface area (Å²) in [5.74, 6) is -13.2. The zero-order chi connectivity index (χ0) is 96.9. The molecule has 47 heteroatoms. The number of aliphatic hydroxyl groups is 2. The molecule has 7 rings (SSSR count). The average molecular weight is 1880 g/mol. The van der Waals surface area contributed by atoms with Crippen molar-refractivity contribution in [2.45, 2.75) is 262 Å². The number of aromatic nitrogens is 5. The van der Waals surface area contributed by atoms with Gasteiger partial charge in [-0.05, 0) is 148 Å². The van der Waals surface area contributed by atoms with Crippen molar-refractivity contribution in [1.29, 1.82) is 0 Å². The molecule has 0 spiro atoms. The van der Waals surface area contributed by atoms with Gasteiger partial charge in [0.2, 0.25) is 82.4 Å². The Morgan fingerprint density at radius 2 is 1.33 bits per heavy atom. The normalized spacial score (nSPS) is 16.5. The highest BCUT2D eigenvalue weighted by atomic mass is 32.2.